The van der Waals surface area contributed by atoms with Crippen LogP contribution in [0.2, 0.25) is 0 Å². The maximum absolute atomic E-state index is 12.9. The van der Waals surface area contributed by atoms with Gasteiger partial charge in [-0.15, -0.1) is 0 Å². The normalized spacial score (nSPS) is 25.4. The van der Waals surface area contributed by atoms with E-state index in [0.29, 0.717) is 6.04 Å². The van der Waals surface area contributed by atoms with Gasteiger partial charge in [0, 0.05) is 51.4 Å². The molecule has 1 heterocycles. The van der Waals surface area contributed by atoms with Gasteiger partial charge < -0.3 is 15.1 Å². The van der Waals surface area contributed by atoms with Gasteiger partial charge in [-0.2, -0.15) is 0 Å². The minimum atomic E-state index is 0.190. The molecule has 0 unspecified atom stereocenters. The van der Waals surface area contributed by atoms with Crippen molar-refractivity contribution in [3.8, 4) is 0 Å². The smallest absolute Gasteiger partial charge is 0.317 e. The molecule has 5 heteroatoms. The van der Waals surface area contributed by atoms with E-state index < -0.39 is 0 Å². The van der Waals surface area contributed by atoms with E-state index in [1.54, 1.807) is 0 Å². The first-order valence-corrected chi connectivity index (χ1v) is 10.1. The van der Waals surface area contributed by atoms with E-state index in [2.05, 4.69) is 34.0 Å². The third-order valence-electron chi connectivity index (χ3n) is 5.93. The Hall–Kier alpha value is -0.810. The van der Waals surface area contributed by atoms with E-state index in [1.807, 2.05) is 0 Å². The first-order chi connectivity index (χ1) is 11.6. The van der Waals surface area contributed by atoms with Gasteiger partial charge in [0.05, 0.1) is 0 Å². The SMILES string of the molecule is C[C@@H](CN1CCN(C)CC1)NC(=O)N(CC1CC1)C1CCCCC1. The molecule has 0 bridgehead atoms. The average Bonchev–Trinajstić information content (AvgIpc) is 3.39. The third-order valence-corrected chi connectivity index (χ3v) is 5.93. The minimum absolute atomic E-state index is 0.190. The number of hydrogen-bond acceptors (Lipinski definition) is 3. The molecule has 24 heavy (non-hydrogen) atoms. The molecule has 3 rings (SSSR count). The Morgan fingerprint density at radius 2 is 1.75 bits per heavy atom. The van der Waals surface area contributed by atoms with Crippen molar-refractivity contribution in [1.29, 1.82) is 0 Å². The Balaban J connectivity index is 1.48. The number of hydrogen-bond donors (Lipinski definition) is 1. The van der Waals surface area contributed by atoms with Crippen LogP contribution in [-0.4, -0.2) is 79.1 Å². The predicted molar refractivity (Wildman–Crippen MR) is 98.2 cm³/mol. The molecule has 138 valence electrons. The number of amides is 2. The number of nitrogens with zero attached hydrogens (tertiary/aromatic N) is 3. The summed E-state index contributed by atoms with van der Waals surface area (Å²) < 4.78 is 0. The molecule has 1 atom stereocenters. The van der Waals surface area contributed by atoms with Crippen molar-refractivity contribution in [2.75, 3.05) is 46.3 Å². The second-order valence-corrected chi connectivity index (χ2v) is 8.34. The summed E-state index contributed by atoms with van der Waals surface area (Å²) in [5.41, 5.74) is 0. The van der Waals surface area contributed by atoms with Crippen LogP contribution in [0.4, 0.5) is 4.79 Å². The van der Waals surface area contributed by atoms with Crippen LogP contribution < -0.4 is 5.32 Å². The van der Waals surface area contributed by atoms with Crippen LogP contribution in [0.5, 0.6) is 0 Å². The maximum atomic E-state index is 12.9. The number of urea groups is 1. The molecule has 0 radical (unpaired) electrons. The number of nitrogens with one attached hydrogen (secondary N) is 1. The zero-order valence-corrected chi connectivity index (χ0v) is 15.7. The van der Waals surface area contributed by atoms with Crippen LogP contribution in [0.1, 0.15) is 51.9 Å². The molecule has 0 spiro atoms. The summed E-state index contributed by atoms with van der Waals surface area (Å²) in [6.45, 7) is 8.62. The van der Waals surface area contributed by atoms with Crippen molar-refractivity contribution in [2.45, 2.75) is 64.0 Å². The molecular weight excluding hydrogens is 300 g/mol. The highest BCUT2D eigenvalue weighted by atomic mass is 16.2. The van der Waals surface area contributed by atoms with Gasteiger partial charge in [-0.05, 0) is 45.6 Å². The maximum Gasteiger partial charge on any atom is 0.317 e. The summed E-state index contributed by atoms with van der Waals surface area (Å²) in [4.78, 5) is 19.9. The Morgan fingerprint density at radius 3 is 2.38 bits per heavy atom. The van der Waals surface area contributed by atoms with E-state index >= 15 is 0 Å². The molecule has 0 aromatic heterocycles. The van der Waals surface area contributed by atoms with Gasteiger partial charge in [-0.1, -0.05) is 19.3 Å². The van der Waals surface area contributed by atoms with Crippen molar-refractivity contribution < 1.29 is 4.79 Å². The van der Waals surface area contributed by atoms with Crippen LogP contribution in [0.25, 0.3) is 0 Å². The molecule has 5 nitrogen and oxygen atoms in total. The first kappa shape index (κ1) is 18.0. The van der Waals surface area contributed by atoms with Crippen molar-refractivity contribution in [3.63, 3.8) is 0 Å². The Morgan fingerprint density at radius 1 is 1.08 bits per heavy atom. The molecule has 1 saturated heterocycles. The summed E-state index contributed by atoms with van der Waals surface area (Å²) in [6, 6.07) is 0.900. The largest absolute Gasteiger partial charge is 0.334 e. The minimum Gasteiger partial charge on any atom is -0.334 e. The van der Waals surface area contributed by atoms with E-state index in [9.17, 15) is 4.79 Å². The molecule has 0 aromatic carbocycles. The molecule has 3 fully saturated rings. The topological polar surface area (TPSA) is 38.8 Å². The van der Waals surface area contributed by atoms with Gasteiger partial charge in [-0.25, -0.2) is 4.79 Å². The first-order valence-electron chi connectivity index (χ1n) is 10.1. The van der Waals surface area contributed by atoms with Gasteiger partial charge in [0.25, 0.3) is 0 Å². The molecule has 2 aliphatic carbocycles. The fourth-order valence-electron chi connectivity index (χ4n) is 4.13. The van der Waals surface area contributed by atoms with Crippen LogP contribution in [0.3, 0.4) is 0 Å². The summed E-state index contributed by atoms with van der Waals surface area (Å²) >= 11 is 0. The number of carbonyl (C=O) groups is 1. The van der Waals surface area contributed by atoms with Gasteiger partial charge >= 0.3 is 6.03 Å². The molecule has 0 aromatic rings. The molecule has 1 aliphatic heterocycles. The number of carbonyl (C=O) groups excluding carboxylic acids is 1. The van der Waals surface area contributed by atoms with Gasteiger partial charge in [-0.3, -0.25) is 4.90 Å². The van der Waals surface area contributed by atoms with Crippen molar-refractivity contribution in [3.05, 3.63) is 0 Å². The third kappa shape index (κ3) is 5.35. The lowest BCUT2D eigenvalue weighted by atomic mass is 9.94. The number of rotatable bonds is 6. The van der Waals surface area contributed by atoms with E-state index in [4.69, 9.17) is 0 Å². The van der Waals surface area contributed by atoms with Crippen LogP contribution >= 0.6 is 0 Å². The van der Waals surface area contributed by atoms with Crippen molar-refractivity contribution in [1.82, 2.24) is 20.0 Å². The highest BCUT2D eigenvalue weighted by molar-refractivity contribution is 5.75. The summed E-state index contributed by atoms with van der Waals surface area (Å²) in [5.74, 6) is 0.769. The molecular formula is C19H36N4O. The second-order valence-electron chi connectivity index (χ2n) is 8.34. The van der Waals surface area contributed by atoms with Crippen molar-refractivity contribution >= 4 is 6.03 Å². The zero-order valence-electron chi connectivity index (χ0n) is 15.7. The number of piperazine rings is 1. The summed E-state index contributed by atoms with van der Waals surface area (Å²) in [7, 11) is 2.18. The lowest BCUT2D eigenvalue weighted by Crippen LogP contribution is -2.54. The molecule has 2 amide bonds. The fraction of sp³-hybridized carbons (Fsp3) is 0.947. The van der Waals surface area contributed by atoms with E-state index in [-0.39, 0.29) is 12.1 Å². The Bertz CT molecular complexity index is 398. The second kappa shape index (κ2) is 8.52. The highest BCUT2D eigenvalue weighted by Gasteiger charge is 2.32. The lowest BCUT2D eigenvalue weighted by molar-refractivity contribution is 0.132. The average molecular weight is 337 g/mol. The van der Waals surface area contributed by atoms with E-state index in [1.165, 1.54) is 44.9 Å². The van der Waals surface area contributed by atoms with Gasteiger partial charge in [0.1, 0.15) is 0 Å². The van der Waals surface area contributed by atoms with Crippen LogP contribution in [0, 0.1) is 5.92 Å². The molecule has 1 N–H and O–H groups in total. The standard InChI is InChI=1S/C19H36N4O/c1-16(14-22-12-10-21(2)11-13-22)20-19(24)23(15-17-8-9-17)18-6-4-3-5-7-18/h16-18H,3-15H2,1-2H3,(H,20,24)/t16-/m0/s1. The number of likely N-dealkylation sites (N-methyl/N-ethyl adjacent to an activating group) is 1. The zero-order chi connectivity index (χ0) is 16.9. The Labute approximate surface area is 147 Å². The summed E-state index contributed by atoms with van der Waals surface area (Å²) in [5, 5.41) is 3.30. The van der Waals surface area contributed by atoms with E-state index in [0.717, 1.165) is 45.2 Å². The lowest BCUT2D eigenvalue weighted by Gasteiger charge is -2.37. The van der Waals surface area contributed by atoms with Crippen molar-refractivity contribution in [2.24, 2.45) is 5.92 Å². The monoisotopic (exact) mass is 336 g/mol. The van der Waals surface area contributed by atoms with Gasteiger partial charge in [0.15, 0.2) is 0 Å². The molecule has 3 aliphatic rings. The fourth-order valence-corrected chi connectivity index (χ4v) is 4.13. The quantitative estimate of drug-likeness (QED) is 0.809. The highest BCUT2D eigenvalue weighted by Crippen LogP contribution is 2.32. The van der Waals surface area contributed by atoms with Crippen LogP contribution in [0.15, 0.2) is 0 Å². The summed E-state index contributed by atoms with van der Waals surface area (Å²) in [6.07, 6.45) is 8.95. The predicted octanol–water partition coefficient (Wildman–Crippen LogP) is 2.38. The van der Waals surface area contributed by atoms with Gasteiger partial charge in [0.2, 0.25) is 0 Å². The van der Waals surface area contributed by atoms with Crippen LogP contribution in [-0.2, 0) is 0 Å². The molecule has 2 saturated carbocycles. The Kier molecular flexibility index (Phi) is 6.39.